The number of unbranched alkanes of at least 4 members (excludes halogenated alkanes) is 6. The van der Waals surface area contributed by atoms with Gasteiger partial charge in [-0.05, 0) is 65.0 Å². The summed E-state index contributed by atoms with van der Waals surface area (Å²) in [5, 5.41) is 12.6. The molecular weight excluding hydrogens is 560 g/mol. The Morgan fingerprint density at radius 3 is 1.23 bits per heavy atom. The molecule has 14 nitrogen and oxygen atoms in total. The number of carbonyl (C=O) groups is 5. The van der Waals surface area contributed by atoms with Gasteiger partial charge in [-0.2, -0.15) is 0 Å². The summed E-state index contributed by atoms with van der Waals surface area (Å²) in [5.41, 5.74) is 0. The van der Waals surface area contributed by atoms with Crippen molar-refractivity contribution in [1.82, 2.24) is 31.1 Å². The first-order chi connectivity index (χ1) is 20.7. The van der Waals surface area contributed by atoms with Crippen LogP contribution in [0.3, 0.4) is 0 Å². The fourth-order valence-corrected chi connectivity index (χ4v) is 4.18. The zero-order valence-corrected chi connectivity index (χ0v) is 27.0. The monoisotopic (exact) mass is 616 g/mol. The lowest BCUT2D eigenvalue weighted by molar-refractivity contribution is -0.177. The molecule has 0 saturated carbocycles. The third kappa shape index (κ3) is 21.5. The molecule has 0 heterocycles. The largest absolute Gasteiger partial charge is 0.356 e. The highest BCUT2D eigenvalue weighted by Crippen LogP contribution is 2.06. The van der Waals surface area contributed by atoms with Crippen molar-refractivity contribution in [2.75, 3.05) is 67.6 Å². The molecule has 0 saturated heterocycles. The van der Waals surface area contributed by atoms with Gasteiger partial charge in [0.05, 0.1) is 21.3 Å². The summed E-state index contributed by atoms with van der Waals surface area (Å²) < 4.78 is 0. The quantitative estimate of drug-likeness (QED) is 0.0922. The van der Waals surface area contributed by atoms with E-state index in [1.807, 2.05) is 7.05 Å². The second kappa shape index (κ2) is 26.8. The second-order valence-electron chi connectivity index (χ2n) is 10.1. The summed E-state index contributed by atoms with van der Waals surface area (Å²) in [4.78, 5) is 75.5. The molecule has 0 bridgehead atoms. The Morgan fingerprint density at radius 1 is 0.512 bits per heavy atom. The van der Waals surface area contributed by atoms with Gasteiger partial charge in [-0.25, -0.2) is 15.2 Å². The van der Waals surface area contributed by atoms with E-state index in [1.54, 1.807) is 0 Å². The molecule has 14 heteroatoms. The van der Waals surface area contributed by atoms with E-state index in [-0.39, 0.29) is 55.2 Å². The Labute approximate surface area is 257 Å². The maximum absolute atomic E-state index is 12.4. The van der Waals surface area contributed by atoms with Gasteiger partial charge >= 0.3 is 0 Å². The zero-order valence-electron chi connectivity index (χ0n) is 27.0. The van der Waals surface area contributed by atoms with Crippen molar-refractivity contribution in [2.24, 2.45) is 0 Å². The van der Waals surface area contributed by atoms with Crippen molar-refractivity contribution in [2.45, 2.75) is 90.4 Å². The third-order valence-corrected chi connectivity index (χ3v) is 6.71. The van der Waals surface area contributed by atoms with Crippen LogP contribution in [0.25, 0.3) is 0 Å². The molecule has 0 aromatic carbocycles. The molecule has 0 unspecified atom stereocenters. The smallest absolute Gasteiger partial charge is 0.246 e. The van der Waals surface area contributed by atoms with Crippen LogP contribution in [0.15, 0.2) is 0 Å². The summed E-state index contributed by atoms with van der Waals surface area (Å²) in [5.74, 6) is -0.990. The summed E-state index contributed by atoms with van der Waals surface area (Å²) in [6, 6.07) is 0. The number of nitrogens with one attached hydrogen (secondary N) is 3. The lowest BCUT2D eigenvalue weighted by Crippen LogP contribution is -2.33. The van der Waals surface area contributed by atoms with Crippen molar-refractivity contribution < 1.29 is 38.5 Å². The topological polar surface area (TPSA) is 159 Å². The Morgan fingerprint density at radius 2 is 0.884 bits per heavy atom. The zero-order chi connectivity index (χ0) is 32.3. The van der Waals surface area contributed by atoms with Gasteiger partial charge in [0.15, 0.2) is 0 Å². The number of carbonyl (C=O) groups excluding carboxylic acids is 5. The molecule has 43 heavy (non-hydrogen) atoms. The van der Waals surface area contributed by atoms with Gasteiger partial charge < -0.3 is 16.0 Å². The lowest BCUT2D eigenvalue weighted by atomic mass is 10.2. The van der Waals surface area contributed by atoms with Crippen molar-refractivity contribution in [3.8, 4) is 0 Å². The van der Waals surface area contributed by atoms with Crippen LogP contribution in [0.2, 0.25) is 0 Å². The van der Waals surface area contributed by atoms with Crippen LogP contribution in [-0.4, -0.2) is 112 Å². The minimum absolute atomic E-state index is 0.0483. The molecule has 0 rings (SSSR count). The average molecular weight is 617 g/mol. The van der Waals surface area contributed by atoms with E-state index in [0.29, 0.717) is 39.1 Å². The normalized spacial score (nSPS) is 10.7. The molecule has 5 amide bonds. The number of hydroxylamine groups is 6. The van der Waals surface area contributed by atoms with E-state index in [0.717, 1.165) is 57.9 Å². The van der Waals surface area contributed by atoms with Crippen molar-refractivity contribution >= 4 is 29.5 Å². The van der Waals surface area contributed by atoms with Gasteiger partial charge in [-0.15, -0.1) is 0 Å². The molecule has 0 fully saturated rings. The van der Waals surface area contributed by atoms with Crippen molar-refractivity contribution in [1.29, 1.82) is 0 Å². The number of hydrogen-bond donors (Lipinski definition) is 3. The molecule has 0 spiro atoms. The Balaban J connectivity index is 3.96. The summed E-state index contributed by atoms with van der Waals surface area (Å²) >= 11 is 0. The Hall–Kier alpha value is -2.81. The SMILES string of the molecule is CNCCCCCN(OC)C(=O)CCC(=O)NCCCCCN(OC)C(=O)CCC(=O)NCCCCCN(OC)C(C)=O. The highest BCUT2D eigenvalue weighted by atomic mass is 16.7. The number of nitrogens with zero attached hydrogens (tertiary/aromatic N) is 3. The lowest BCUT2D eigenvalue weighted by Gasteiger charge is -2.20. The van der Waals surface area contributed by atoms with Gasteiger partial charge in [0.25, 0.3) is 0 Å². The molecule has 250 valence electrons. The molecule has 0 atom stereocenters. The average Bonchev–Trinajstić information content (AvgIpc) is 2.99. The van der Waals surface area contributed by atoms with E-state index in [9.17, 15) is 24.0 Å². The predicted molar refractivity (Wildman–Crippen MR) is 162 cm³/mol. The van der Waals surface area contributed by atoms with Crippen LogP contribution in [0.4, 0.5) is 0 Å². The van der Waals surface area contributed by atoms with Crippen LogP contribution in [-0.2, 0) is 38.5 Å². The van der Waals surface area contributed by atoms with Gasteiger partial charge in [0.2, 0.25) is 29.5 Å². The molecule has 0 aliphatic heterocycles. The van der Waals surface area contributed by atoms with Gasteiger partial charge in [-0.1, -0.05) is 6.42 Å². The molecule has 0 aliphatic rings. The molecule has 0 aliphatic carbocycles. The summed E-state index contributed by atoms with van der Waals surface area (Å²) in [6.45, 7) is 4.77. The first kappa shape index (κ1) is 40.2. The van der Waals surface area contributed by atoms with Gasteiger partial charge in [-0.3, -0.25) is 38.5 Å². The van der Waals surface area contributed by atoms with E-state index in [2.05, 4.69) is 16.0 Å². The van der Waals surface area contributed by atoms with E-state index in [4.69, 9.17) is 14.5 Å². The Kier molecular flexibility index (Phi) is 25.0. The minimum Gasteiger partial charge on any atom is -0.356 e. The minimum atomic E-state index is -0.261. The van der Waals surface area contributed by atoms with Crippen LogP contribution in [0, 0.1) is 0 Å². The second-order valence-corrected chi connectivity index (χ2v) is 10.1. The first-order valence-corrected chi connectivity index (χ1v) is 15.4. The molecule has 0 aromatic rings. The summed E-state index contributed by atoms with van der Waals surface area (Å²) in [6.07, 6.45) is 7.73. The maximum atomic E-state index is 12.4. The van der Waals surface area contributed by atoms with Crippen LogP contribution in [0.5, 0.6) is 0 Å². The van der Waals surface area contributed by atoms with E-state index in [1.165, 1.54) is 43.4 Å². The van der Waals surface area contributed by atoms with Crippen LogP contribution < -0.4 is 16.0 Å². The van der Waals surface area contributed by atoms with E-state index >= 15 is 0 Å². The predicted octanol–water partition coefficient (Wildman–Crippen LogP) is 1.70. The van der Waals surface area contributed by atoms with Crippen LogP contribution >= 0.6 is 0 Å². The van der Waals surface area contributed by atoms with Gasteiger partial charge in [0.1, 0.15) is 0 Å². The molecule has 0 aromatic heterocycles. The van der Waals surface area contributed by atoms with Crippen molar-refractivity contribution in [3.63, 3.8) is 0 Å². The summed E-state index contributed by atoms with van der Waals surface area (Å²) in [7, 11) is 6.24. The molecule has 0 radical (unpaired) electrons. The highest BCUT2D eigenvalue weighted by molar-refractivity contribution is 5.83. The maximum Gasteiger partial charge on any atom is 0.246 e. The Bertz CT molecular complexity index is 801. The number of hydrogen-bond acceptors (Lipinski definition) is 9. The first-order valence-electron chi connectivity index (χ1n) is 15.4. The fraction of sp³-hybridized carbons (Fsp3) is 0.828. The van der Waals surface area contributed by atoms with Crippen LogP contribution in [0.1, 0.15) is 90.4 Å². The molecule has 3 N–H and O–H groups in total. The van der Waals surface area contributed by atoms with Crippen molar-refractivity contribution in [3.05, 3.63) is 0 Å². The number of rotatable bonds is 27. The third-order valence-electron chi connectivity index (χ3n) is 6.71. The standard InChI is InChI=1S/C29H56N6O8/c1-25(36)33(41-3)22-12-7-10-20-31-26(37)16-18-29(40)35(43-5)24-14-8-11-21-32-27(38)15-17-28(39)34(42-4)23-13-6-9-19-30-2/h30H,6-24H2,1-5H3,(H,31,37)(H,32,38). The highest BCUT2D eigenvalue weighted by Gasteiger charge is 2.16. The fourth-order valence-electron chi connectivity index (χ4n) is 4.18. The molecular formula is C29H56N6O8. The number of amides is 5. The van der Waals surface area contributed by atoms with Gasteiger partial charge in [0, 0.05) is 65.3 Å². The van der Waals surface area contributed by atoms with E-state index < -0.39 is 0 Å².